The molecule has 0 saturated heterocycles. The Bertz CT molecular complexity index is 1290. The maximum atomic E-state index is 12.7. The number of sulfonamides is 1. The highest BCUT2D eigenvalue weighted by atomic mass is 32.2. The molecule has 0 bridgehead atoms. The second kappa shape index (κ2) is 12.3. The molecule has 36 heavy (non-hydrogen) atoms. The van der Waals surface area contributed by atoms with Crippen LogP contribution in [0.25, 0.3) is 0 Å². The Balaban J connectivity index is 1.59. The maximum absolute atomic E-state index is 12.7. The molecule has 0 saturated carbocycles. The van der Waals surface area contributed by atoms with Crippen molar-refractivity contribution < 1.29 is 27.4 Å². The fourth-order valence-electron chi connectivity index (χ4n) is 3.32. The normalized spacial score (nSPS) is 10.9. The van der Waals surface area contributed by atoms with E-state index in [2.05, 4.69) is 15.4 Å². The number of ether oxygens (including phenoxy) is 3. The topological polar surface area (TPSA) is 115 Å². The summed E-state index contributed by atoms with van der Waals surface area (Å²) in [5.74, 6) is 0.528. The first kappa shape index (κ1) is 26.9. The average Bonchev–Trinajstić information content (AvgIpc) is 2.88. The number of thiocarbonyl (C=S) groups is 1. The number of carbonyl (C=O) groups is 1. The molecule has 1 amide bonds. The number of nitrogens with one attached hydrogen (secondary N) is 3. The van der Waals surface area contributed by atoms with E-state index in [-0.39, 0.29) is 22.1 Å². The number of benzene rings is 3. The molecule has 0 aliphatic carbocycles. The average molecular weight is 530 g/mol. The van der Waals surface area contributed by atoms with E-state index in [0.29, 0.717) is 29.4 Å². The van der Waals surface area contributed by atoms with Crippen LogP contribution >= 0.6 is 12.2 Å². The monoisotopic (exact) mass is 529 g/mol. The van der Waals surface area contributed by atoms with Gasteiger partial charge >= 0.3 is 0 Å². The van der Waals surface area contributed by atoms with Gasteiger partial charge in [0.15, 0.2) is 16.6 Å². The van der Waals surface area contributed by atoms with Gasteiger partial charge in [0.25, 0.3) is 5.91 Å². The lowest BCUT2D eigenvalue weighted by Crippen LogP contribution is -2.34. The molecule has 9 nitrogen and oxygen atoms in total. The third-order valence-corrected chi connectivity index (χ3v) is 6.81. The van der Waals surface area contributed by atoms with E-state index in [9.17, 15) is 13.2 Å². The molecule has 0 atom stereocenters. The summed E-state index contributed by atoms with van der Waals surface area (Å²) in [5.41, 5.74) is 1.80. The Labute approximate surface area is 215 Å². The minimum atomic E-state index is -3.66. The Hall–Kier alpha value is -3.67. The largest absolute Gasteiger partial charge is 0.493 e. The summed E-state index contributed by atoms with van der Waals surface area (Å²) in [6, 6.07) is 18.7. The van der Waals surface area contributed by atoms with Crippen LogP contribution < -0.4 is 29.6 Å². The summed E-state index contributed by atoms with van der Waals surface area (Å²) in [7, 11) is 0.709. The SMILES string of the molecule is COc1cc(C(=O)NC(=S)Nc2ccc(S(=O)(=O)NCCc3ccccc3)cc2)cc(OC)c1OC. The molecule has 0 aliphatic heterocycles. The third-order valence-electron chi connectivity index (χ3n) is 5.13. The summed E-state index contributed by atoms with van der Waals surface area (Å²) in [5, 5.41) is 5.47. The van der Waals surface area contributed by atoms with Gasteiger partial charge in [-0.2, -0.15) is 0 Å². The van der Waals surface area contributed by atoms with Gasteiger partial charge in [0.1, 0.15) is 0 Å². The van der Waals surface area contributed by atoms with E-state index in [0.717, 1.165) is 5.56 Å². The van der Waals surface area contributed by atoms with Crippen molar-refractivity contribution in [3.8, 4) is 17.2 Å². The van der Waals surface area contributed by atoms with Gasteiger partial charge in [0, 0.05) is 17.8 Å². The van der Waals surface area contributed by atoms with E-state index < -0.39 is 15.9 Å². The Kier molecular flexibility index (Phi) is 9.23. The molecule has 0 fully saturated rings. The van der Waals surface area contributed by atoms with Gasteiger partial charge in [0.2, 0.25) is 15.8 Å². The number of methoxy groups -OCH3 is 3. The Morgan fingerprint density at radius 2 is 1.50 bits per heavy atom. The number of anilines is 1. The molecule has 190 valence electrons. The summed E-state index contributed by atoms with van der Waals surface area (Å²) in [4.78, 5) is 12.8. The smallest absolute Gasteiger partial charge is 0.257 e. The molecule has 3 aromatic rings. The van der Waals surface area contributed by atoms with Gasteiger partial charge in [-0.05, 0) is 60.6 Å². The first-order valence-electron chi connectivity index (χ1n) is 10.8. The van der Waals surface area contributed by atoms with Gasteiger partial charge in [-0.3, -0.25) is 10.1 Å². The van der Waals surface area contributed by atoms with Crippen LogP contribution in [0.15, 0.2) is 71.6 Å². The highest BCUT2D eigenvalue weighted by Crippen LogP contribution is 2.38. The van der Waals surface area contributed by atoms with Crippen molar-refractivity contribution in [2.24, 2.45) is 0 Å². The van der Waals surface area contributed by atoms with Crippen molar-refractivity contribution in [3.05, 3.63) is 77.9 Å². The quantitative estimate of drug-likeness (QED) is 0.343. The second-order valence-electron chi connectivity index (χ2n) is 7.48. The van der Waals surface area contributed by atoms with Crippen LogP contribution in [-0.4, -0.2) is 47.3 Å². The van der Waals surface area contributed by atoms with E-state index in [1.165, 1.54) is 45.6 Å². The Morgan fingerprint density at radius 3 is 2.06 bits per heavy atom. The zero-order chi connectivity index (χ0) is 26.1. The Morgan fingerprint density at radius 1 is 0.889 bits per heavy atom. The van der Waals surface area contributed by atoms with E-state index >= 15 is 0 Å². The standard InChI is InChI=1S/C25H27N3O6S2/c1-32-21-15-18(16-22(33-2)23(21)34-3)24(29)28-25(35)27-19-9-11-20(12-10-19)36(30,31)26-14-13-17-7-5-4-6-8-17/h4-12,15-16,26H,13-14H2,1-3H3,(H2,27,28,29,35). The van der Waals surface area contributed by atoms with Crippen LogP contribution in [0.1, 0.15) is 15.9 Å². The van der Waals surface area contributed by atoms with Gasteiger partial charge in [-0.25, -0.2) is 13.1 Å². The molecule has 0 unspecified atom stereocenters. The van der Waals surface area contributed by atoms with Crippen LogP contribution in [0.3, 0.4) is 0 Å². The summed E-state index contributed by atoms with van der Waals surface area (Å²) >= 11 is 5.23. The van der Waals surface area contributed by atoms with Crippen LogP contribution in [-0.2, 0) is 16.4 Å². The van der Waals surface area contributed by atoms with Crippen LogP contribution in [0.2, 0.25) is 0 Å². The summed E-state index contributed by atoms with van der Waals surface area (Å²) in [6.07, 6.45) is 0.583. The van der Waals surface area contributed by atoms with Crippen LogP contribution in [0.5, 0.6) is 17.2 Å². The number of rotatable bonds is 10. The van der Waals surface area contributed by atoms with Crippen molar-refractivity contribution in [1.29, 1.82) is 0 Å². The number of carbonyl (C=O) groups excluding carboxylic acids is 1. The summed E-state index contributed by atoms with van der Waals surface area (Å²) < 4.78 is 43.5. The zero-order valence-electron chi connectivity index (χ0n) is 20.0. The highest BCUT2D eigenvalue weighted by Gasteiger charge is 2.18. The highest BCUT2D eigenvalue weighted by molar-refractivity contribution is 7.89. The van der Waals surface area contributed by atoms with E-state index in [1.807, 2.05) is 30.3 Å². The molecule has 3 rings (SSSR count). The van der Waals surface area contributed by atoms with E-state index in [4.69, 9.17) is 26.4 Å². The molecule has 3 aromatic carbocycles. The second-order valence-corrected chi connectivity index (χ2v) is 9.66. The summed E-state index contributed by atoms with van der Waals surface area (Å²) in [6.45, 7) is 0.281. The molecular formula is C25H27N3O6S2. The molecule has 0 spiro atoms. The van der Waals surface area contributed by atoms with E-state index in [1.54, 1.807) is 12.1 Å². The number of hydrogen-bond donors (Lipinski definition) is 3. The zero-order valence-corrected chi connectivity index (χ0v) is 21.7. The predicted octanol–water partition coefficient (Wildman–Crippen LogP) is 3.36. The minimum absolute atomic E-state index is 0.0327. The first-order valence-corrected chi connectivity index (χ1v) is 12.7. The number of amides is 1. The maximum Gasteiger partial charge on any atom is 0.257 e. The van der Waals surface area contributed by atoms with Crippen molar-refractivity contribution in [1.82, 2.24) is 10.0 Å². The minimum Gasteiger partial charge on any atom is -0.493 e. The van der Waals surface area contributed by atoms with Gasteiger partial charge in [-0.15, -0.1) is 0 Å². The molecule has 3 N–H and O–H groups in total. The van der Waals surface area contributed by atoms with Crippen molar-refractivity contribution in [3.63, 3.8) is 0 Å². The molecular weight excluding hydrogens is 502 g/mol. The lowest BCUT2D eigenvalue weighted by Gasteiger charge is -2.15. The lowest BCUT2D eigenvalue weighted by molar-refractivity contribution is 0.0977. The van der Waals surface area contributed by atoms with Crippen molar-refractivity contribution in [2.75, 3.05) is 33.2 Å². The van der Waals surface area contributed by atoms with Crippen LogP contribution in [0.4, 0.5) is 5.69 Å². The third kappa shape index (κ3) is 6.94. The van der Waals surface area contributed by atoms with Crippen LogP contribution in [0, 0.1) is 0 Å². The fourth-order valence-corrected chi connectivity index (χ4v) is 4.57. The molecule has 0 aliphatic rings. The van der Waals surface area contributed by atoms with Gasteiger partial charge in [0.05, 0.1) is 26.2 Å². The lowest BCUT2D eigenvalue weighted by atomic mass is 10.1. The van der Waals surface area contributed by atoms with Gasteiger partial charge < -0.3 is 19.5 Å². The number of hydrogen-bond acceptors (Lipinski definition) is 7. The van der Waals surface area contributed by atoms with Gasteiger partial charge in [-0.1, -0.05) is 30.3 Å². The first-order chi connectivity index (χ1) is 17.3. The predicted molar refractivity (Wildman–Crippen MR) is 142 cm³/mol. The van der Waals surface area contributed by atoms with Crippen molar-refractivity contribution >= 4 is 38.9 Å². The molecule has 0 radical (unpaired) electrons. The van der Waals surface area contributed by atoms with Crippen molar-refractivity contribution in [2.45, 2.75) is 11.3 Å². The molecule has 0 aromatic heterocycles. The molecule has 11 heteroatoms. The molecule has 0 heterocycles. The fraction of sp³-hybridized carbons (Fsp3) is 0.200.